The number of carbonyl (C=O) groups is 1. The Morgan fingerprint density at radius 2 is 2.29 bits per heavy atom. The van der Waals surface area contributed by atoms with E-state index in [1.54, 1.807) is 0 Å². The summed E-state index contributed by atoms with van der Waals surface area (Å²) in [5.41, 5.74) is 7.26. The fourth-order valence-electron chi connectivity index (χ4n) is 1.78. The van der Waals surface area contributed by atoms with E-state index in [4.69, 9.17) is 17.3 Å². The van der Waals surface area contributed by atoms with Gasteiger partial charge >= 0.3 is 0 Å². The van der Waals surface area contributed by atoms with Crippen LogP contribution >= 0.6 is 11.6 Å². The van der Waals surface area contributed by atoms with E-state index in [2.05, 4.69) is 5.32 Å². The Morgan fingerprint density at radius 3 is 2.82 bits per heavy atom. The summed E-state index contributed by atoms with van der Waals surface area (Å²) in [4.78, 5) is 11.4. The molecule has 1 atom stereocenters. The van der Waals surface area contributed by atoms with Crippen LogP contribution in [0.2, 0.25) is 5.02 Å². The van der Waals surface area contributed by atoms with Crippen LogP contribution in [0.1, 0.15) is 30.0 Å². The number of halogens is 1. The van der Waals surface area contributed by atoms with Crippen LogP contribution in [0, 0.1) is 12.8 Å². The molecule has 2 rings (SSSR count). The van der Waals surface area contributed by atoms with Gasteiger partial charge in [-0.25, -0.2) is 0 Å². The minimum absolute atomic E-state index is 0.356. The van der Waals surface area contributed by atoms with Gasteiger partial charge in [-0.2, -0.15) is 0 Å². The lowest BCUT2D eigenvalue weighted by Crippen LogP contribution is -2.34. The lowest BCUT2D eigenvalue weighted by atomic mass is 10.0. The van der Waals surface area contributed by atoms with Gasteiger partial charge in [-0.1, -0.05) is 23.7 Å². The van der Waals surface area contributed by atoms with Gasteiger partial charge in [-0.05, 0) is 49.4 Å². The highest BCUT2D eigenvalue weighted by Gasteiger charge is 2.25. The maximum Gasteiger partial charge on any atom is 0.239 e. The molecule has 0 aliphatic heterocycles. The largest absolute Gasteiger partial charge is 0.368 e. The first-order valence-corrected chi connectivity index (χ1v) is 6.24. The molecule has 1 saturated carbocycles. The van der Waals surface area contributed by atoms with Gasteiger partial charge in [0.25, 0.3) is 0 Å². The molecule has 1 unspecified atom stereocenters. The van der Waals surface area contributed by atoms with Crippen LogP contribution in [0.5, 0.6) is 0 Å². The van der Waals surface area contributed by atoms with Gasteiger partial charge in [0.05, 0.1) is 0 Å². The molecule has 1 aliphatic rings. The molecule has 4 heteroatoms. The second-order valence-corrected chi connectivity index (χ2v) is 5.10. The monoisotopic (exact) mass is 252 g/mol. The molecule has 1 fully saturated rings. The zero-order valence-electron chi connectivity index (χ0n) is 9.87. The molecule has 92 valence electrons. The Kier molecular flexibility index (Phi) is 3.69. The molecule has 0 radical (unpaired) electrons. The number of benzene rings is 1. The highest BCUT2D eigenvalue weighted by molar-refractivity contribution is 6.31. The number of nitrogens with one attached hydrogen (secondary N) is 1. The van der Waals surface area contributed by atoms with Crippen LogP contribution < -0.4 is 11.1 Å². The Labute approximate surface area is 106 Å². The topological polar surface area (TPSA) is 55.1 Å². The van der Waals surface area contributed by atoms with Gasteiger partial charge in [0.15, 0.2) is 0 Å². The maximum absolute atomic E-state index is 11.4. The molecule has 1 aromatic rings. The third-order valence-corrected chi connectivity index (χ3v) is 3.53. The van der Waals surface area contributed by atoms with Crippen LogP contribution in [0.4, 0.5) is 0 Å². The minimum atomic E-state index is -0.436. The summed E-state index contributed by atoms with van der Waals surface area (Å²) in [6.45, 7) is 2.78. The maximum atomic E-state index is 11.4. The van der Waals surface area contributed by atoms with Crippen LogP contribution in [-0.2, 0) is 4.79 Å². The van der Waals surface area contributed by atoms with E-state index < -0.39 is 6.04 Å². The molecule has 1 aliphatic carbocycles. The zero-order valence-corrected chi connectivity index (χ0v) is 10.6. The van der Waals surface area contributed by atoms with E-state index in [9.17, 15) is 4.79 Å². The molecule has 3 N–H and O–H groups in total. The number of primary amides is 1. The second kappa shape index (κ2) is 5.07. The first-order valence-electron chi connectivity index (χ1n) is 5.86. The molecule has 1 amide bonds. The van der Waals surface area contributed by atoms with Crippen LogP contribution in [0.3, 0.4) is 0 Å². The van der Waals surface area contributed by atoms with Crippen LogP contribution in [0.15, 0.2) is 18.2 Å². The highest BCUT2D eigenvalue weighted by Crippen LogP contribution is 2.29. The van der Waals surface area contributed by atoms with E-state index in [0.29, 0.717) is 10.9 Å². The van der Waals surface area contributed by atoms with E-state index in [-0.39, 0.29) is 5.91 Å². The molecular weight excluding hydrogens is 236 g/mol. The van der Waals surface area contributed by atoms with Crippen molar-refractivity contribution in [3.8, 4) is 0 Å². The number of carbonyl (C=O) groups excluding carboxylic acids is 1. The van der Waals surface area contributed by atoms with Gasteiger partial charge in [-0.15, -0.1) is 0 Å². The summed E-state index contributed by atoms with van der Waals surface area (Å²) < 4.78 is 0. The molecule has 0 spiro atoms. The molecule has 1 aromatic carbocycles. The van der Waals surface area contributed by atoms with Gasteiger partial charge in [0.2, 0.25) is 5.91 Å². The molecule has 0 saturated heterocycles. The lowest BCUT2D eigenvalue weighted by Gasteiger charge is -2.16. The molecule has 0 aromatic heterocycles. The fraction of sp³-hybridized carbons (Fsp3) is 0.462. The van der Waals surface area contributed by atoms with Crippen LogP contribution in [-0.4, -0.2) is 12.5 Å². The summed E-state index contributed by atoms with van der Waals surface area (Å²) in [7, 11) is 0. The molecule has 17 heavy (non-hydrogen) atoms. The number of hydrogen-bond acceptors (Lipinski definition) is 2. The Morgan fingerprint density at radius 1 is 1.59 bits per heavy atom. The normalized spacial score (nSPS) is 16.8. The predicted octanol–water partition coefficient (Wildman–Crippen LogP) is 2.17. The van der Waals surface area contributed by atoms with Crippen molar-refractivity contribution < 1.29 is 4.79 Å². The second-order valence-electron chi connectivity index (χ2n) is 4.70. The average Bonchev–Trinajstić information content (AvgIpc) is 3.07. The van der Waals surface area contributed by atoms with Crippen molar-refractivity contribution in [2.75, 3.05) is 6.54 Å². The quantitative estimate of drug-likeness (QED) is 0.844. The van der Waals surface area contributed by atoms with Crippen molar-refractivity contribution in [2.45, 2.75) is 25.8 Å². The molecule has 0 heterocycles. The van der Waals surface area contributed by atoms with E-state index in [1.807, 2.05) is 25.1 Å². The van der Waals surface area contributed by atoms with Crippen molar-refractivity contribution in [1.29, 1.82) is 0 Å². The average molecular weight is 253 g/mol. The molecular formula is C13H17ClN2O. The fourth-order valence-corrected chi connectivity index (χ4v) is 1.97. The van der Waals surface area contributed by atoms with Crippen molar-refractivity contribution in [2.24, 2.45) is 11.7 Å². The lowest BCUT2D eigenvalue weighted by molar-refractivity contribution is -0.120. The highest BCUT2D eigenvalue weighted by atomic mass is 35.5. The summed E-state index contributed by atoms with van der Waals surface area (Å²) in [5.74, 6) is 0.350. The molecule has 0 bridgehead atoms. The molecule has 3 nitrogen and oxygen atoms in total. The van der Waals surface area contributed by atoms with Crippen molar-refractivity contribution in [3.63, 3.8) is 0 Å². The number of amides is 1. The van der Waals surface area contributed by atoms with E-state index in [0.717, 1.165) is 17.7 Å². The van der Waals surface area contributed by atoms with Gasteiger partial charge < -0.3 is 11.1 Å². The first kappa shape index (κ1) is 12.4. The van der Waals surface area contributed by atoms with Crippen molar-refractivity contribution >= 4 is 17.5 Å². The third kappa shape index (κ3) is 3.20. The van der Waals surface area contributed by atoms with E-state index in [1.165, 1.54) is 12.8 Å². The van der Waals surface area contributed by atoms with Crippen molar-refractivity contribution in [3.05, 3.63) is 34.3 Å². The van der Waals surface area contributed by atoms with Gasteiger partial charge in [0, 0.05) is 5.02 Å². The Bertz CT molecular complexity index is 429. The number of hydrogen-bond donors (Lipinski definition) is 2. The summed E-state index contributed by atoms with van der Waals surface area (Å²) >= 11 is 6.06. The van der Waals surface area contributed by atoms with Gasteiger partial charge in [0.1, 0.15) is 6.04 Å². The number of rotatable bonds is 5. The first-order chi connectivity index (χ1) is 8.08. The number of nitrogens with two attached hydrogens (primary N) is 1. The standard InChI is InChI=1S/C13H17ClN2O/c1-8-2-5-10(6-11(8)14)12(13(15)17)16-7-9-3-4-9/h2,5-6,9,12,16H,3-4,7H2,1H3,(H2,15,17). The third-order valence-electron chi connectivity index (χ3n) is 3.12. The predicted molar refractivity (Wildman–Crippen MR) is 68.9 cm³/mol. The van der Waals surface area contributed by atoms with E-state index >= 15 is 0 Å². The Balaban J connectivity index is 2.12. The van der Waals surface area contributed by atoms with Crippen LogP contribution in [0.25, 0.3) is 0 Å². The van der Waals surface area contributed by atoms with Crippen molar-refractivity contribution in [1.82, 2.24) is 5.32 Å². The summed E-state index contributed by atoms with van der Waals surface area (Å²) in [5, 5.41) is 3.88. The number of aryl methyl sites for hydroxylation is 1. The zero-order chi connectivity index (χ0) is 12.4. The SMILES string of the molecule is Cc1ccc(C(NCC2CC2)C(N)=O)cc1Cl. The van der Waals surface area contributed by atoms with Gasteiger partial charge in [-0.3, -0.25) is 4.79 Å². The minimum Gasteiger partial charge on any atom is -0.368 e. The summed E-state index contributed by atoms with van der Waals surface area (Å²) in [6, 6.07) is 5.18. The summed E-state index contributed by atoms with van der Waals surface area (Å²) in [6.07, 6.45) is 2.49. The smallest absolute Gasteiger partial charge is 0.239 e. The Hall–Kier alpha value is -1.06.